The third-order valence-corrected chi connectivity index (χ3v) is 4.99. The smallest absolute Gasteiger partial charge is 0.221 e. The summed E-state index contributed by atoms with van der Waals surface area (Å²) in [4.78, 5) is 15.4. The molecule has 1 saturated heterocycles. The summed E-state index contributed by atoms with van der Waals surface area (Å²) in [6.07, 6.45) is -1.31. The van der Waals surface area contributed by atoms with E-state index in [2.05, 4.69) is 15.1 Å². The van der Waals surface area contributed by atoms with Crippen molar-refractivity contribution in [2.75, 3.05) is 43.5 Å². The first-order valence-corrected chi connectivity index (χ1v) is 9.92. The molecule has 1 fully saturated rings. The number of piperazine rings is 1. The third kappa shape index (κ3) is 5.40. The van der Waals surface area contributed by atoms with Crippen LogP contribution in [0.1, 0.15) is 13.8 Å². The molecular weight excluding hydrogens is 389 g/mol. The number of ether oxygens (including phenoxy) is 2. The second-order valence-corrected chi connectivity index (χ2v) is 7.30. The first-order chi connectivity index (χ1) is 14.4. The number of anilines is 2. The summed E-state index contributed by atoms with van der Waals surface area (Å²) in [6, 6.07) is 11.7. The van der Waals surface area contributed by atoms with Crippen LogP contribution in [0.4, 0.5) is 15.8 Å². The first-order valence-electron chi connectivity index (χ1n) is 9.92. The maximum Gasteiger partial charge on any atom is 0.221 e. The third-order valence-electron chi connectivity index (χ3n) is 4.99. The number of aliphatic hydroxyl groups is 1. The summed E-state index contributed by atoms with van der Waals surface area (Å²) in [5, 5.41) is 13.1. The fraction of sp³-hybridized carbons (Fsp3) is 0.409. The summed E-state index contributed by atoms with van der Waals surface area (Å²) in [5.74, 6) is 0.508. The molecule has 2 atom stereocenters. The van der Waals surface area contributed by atoms with Crippen LogP contribution in [0, 0.1) is 5.82 Å². The summed E-state index contributed by atoms with van der Waals surface area (Å²) in [6.45, 7) is 5.80. The van der Waals surface area contributed by atoms with E-state index in [0.717, 1.165) is 5.69 Å². The Hall–Kier alpha value is -2.84. The Morgan fingerprint density at radius 1 is 1.13 bits per heavy atom. The van der Waals surface area contributed by atoms with E-state index in [1.54, 1.807) is 31.2 Å². The standard InChI is InChI=1S/C22H28FN3O4/c1-15(27)22(30-20-8-7-18(24-16(2)28)14-21(20)29-3)26-11-9-25(10-12-26)19-6-4-5-17(23)13-19/h4-8,13-15,22,27H,9-12H2,1-3H3,(H,24,28). The molecule has 1 heterocycles. The van der Waals surface area contributed by atoms with Crippen molar-refractivity contribution in [2.45, 2.75) is 26.2 Å². The Morgan fingerprint density at radius 3 is 2.47 bits per heavy atom. The molecule has 162 valence electrons. The van der Waals surface area contributed by atoms with Gasteiger partial charge in [0, 0.05) is 50.5 Å². The zero-order valence-corrected chi connectivity index (χ0v) is 17.5. The molecule has 2 N–H and O–H groups in total. The first kappa shape index (κ1) is 21.9. The summed E-state index contributed by atoms with van der Waals surface area (Å²) < 4.78 is 25.0. The van der Waals surface area contributed by atoms with E-state index in [1.807, 2.05) is 6.07 Å². The number of methoxy groups -OCH3 is 1. The van der Waals surface area contributed by atoms with Crippen LogP contribution in [-0.2, 0) is 4.79 Å². The zero-order valence-electron chi connectivity index (χ0n) is 17.5. The fourth-order valence-corrected chi connectivity index (χ4v) is 3.56. The second kappa shape index (κ2) is 9.77. The number of rotatable bonds is 7. The highest BCUT2D eigenvalue weighted by atomic mass is 19.1. The number of carbonyl (C=O) groups is 1. The Morgan fingerprint density at radius 2 is 1.87 bits per heavy atom. The van der Waals surface area contributed by atoms with E-state index >= 15 is 0 Å². The minimum atomic E-state index is -0.745. The molecule has 0 radical (unpaired) electrons. The van der Waals surface area contributed by atoms with Crippen molar-refractivity contribution in [2.24, 2.45) is 0 Å². The van der Waals surface area contributed by atoms with E-state index in [1.165, 1.54) is 26.2 Å². The van der Waals surface area contributed by atoms with Gasteiger partial charge in [-0.05, 0) is 37.3 Å². The summed E-state index contributed by atoms with van der Waals surface area (Å²) in [5.41, 5.74) is 1.45. The molecule has 7 nitrogen and oxygen atoms in total. The normalized spacial score (nSPS) is 16.6. The Labute approximate surface area is 176 Å². The van der Waals surface area contributed by atoms with Crippen LogP contribution in [0.15, 0.2) is 42.5 Å². The molecule has 3 rings (SSSR count). The zero-order chi connectivity index (χ0) is 21.7. The van der Waals surface area contributed by atoms with Crippen LogP contribution >= 0.6 is 0 Å². The van der Waals surface area contributed by atoms with Gasteiger partial charge in [-0.1, -0.05) is 6.07 Å². The van der Waals surface area contributed by atoms with Gasteiger partial charge in [-0.25, -0.2) is 4.39 Å². The predicted molar refractivity (Wildman–Crippen MR) is 114 cm³/mol. The molecule has 1 aliphatic rings. The maximum absolute atomic E-state index is 13.5. The van der Waals surface area contributed by atoms with Crippen LogP contribution in [0.2, 0.25) is 0 Å². The molecule has 0 spiro atoms. The molecule has 2 aromatic carbocycles. The highest BCUT2D eigenvalue weighted by Gasteiger charge is 2.29. The number of amides is 1. The van der Waals surface area contributed by atoms with Gasteiger partial charge in [0.05, 0.1) is 7.11 Å². The van der Waals surface area contributed by atoms with Gasteiger partial charge < -0.3 is 24.8 Å². The average molecular weight is 417 g/mol. The largest absolute Gasteiger partial charge is 0.493 e. The molecule has 0 bridgehead atoms. The van der Waals surface area contributed by atoms with Crippen molar-refractivity contribution in [3.05, 3.63) is 48.3 Å². The minimum Gasteiger partial charge on any atom is -0.493 e. The Kier molecular flexibility index (Phi) is 7.12. The monoisotopic (exact) mass is 417 g/mol. The van der Waals surface area contributed by atoms with Crippen LogP contribution in [0.25, 0.3) is 0 Å². The number of hydrogen-bond acceptors (Lipinski definition) is 6. The van der Waals surface area contributed by atoms with Gasteiger partial charge in [0.25, 0.3) is 0 Å². The van der Waals surface area contributed by atoms with E-state index < -0.39 is 12.3 Å². The van der Waals surface area contributed by atoms with Crippen molar-refractivity contribution in [1.29, 1.82) is 0 Å². The number of aliphatic hydroxyl groups excluding tert-OH is 1. The van der Waals surface area contributed by atoms with Crippen molar-refractivity contribution >= 4 is 17.3 Å². The summed E-state index contributed by atoms with van der Waals surface area (Å²) in [7, 11) is 1.52. The molecule has 1 aliphatic heterocycles. The van der Waals surface area contributed by atoms with Gasteiger partial charge in [-0.3, -0.25) is 9.69 Å². The van der Waals surface area contributed by atoms with E-state index in [-0.39, 0.29) is 11.7 Å². The van der Waals surface area contributed by atoms with E-state index in [4.69, 9.17) is 9.47 Å². The highest BCUT2D eigenvalue weighted by Crippen LogP contribution is 2.32. The fourth-order valence-electron chi connectivity index (χ4n) is 3.56. The molecule has 2 aromatic rings. The van der Waals surface area contributed by atoms with Crippen LogP contribution in [0.3, 0.4) is 0 Å². The lowest BCUT2D eigenvalue weighted by molar-refractivity contribution is -0.114. The number of benzene rings is 2. The summed E-state index contributed by atoms with van der Waals surface area (Å²) >= 11 is 0. The van der Waals surface area contributed by atoms with Gasteiger partial charge >= 0.3 is 0 Å². The lowest BCUT2D eigenvalue weighted by Crippen LogP contribution is -2.55. The Bertz CT molecular complexity index is 869. The van der Waals surface area contributed by atoms with Gasteiger partial charge in [0.1, 0.15) is 11.9 Å². The maximum atomic E-state index is 13.5. The lowest BCUT2D eigenvalue weighted by Gasteiger charge is -2.41. The molecule has 2 unspecified atom stereocenters. The van der Waals surface area contributed by atoms with Gasteiger partial charge in [0.2, 0.25) is 5.91 Å². The Balaban J connectivity index is 1.69. The molecule has 0 aliphatic carbocycles. The molecule has 30 heavy (non-hydrogen) atoms. The minimum absolute atomic E-state index is 0.177. The van der Waals surface area contributed by atoms with Crippen molar-refractivity contribution in [3.63, 3.8) is 0 Å². The molecular formula is C22H28FN3O4. The van der Waals surface area contributed by atoms with Gasteiger partial charge in [-0.15, -0.1) is 0 Å². The van der Waals surface area contributed by atoms with E-state index in [0.29, 0.717) is 43.4 Å². The van der Waals surface area contributed by atoms with Crippen LogP contribution in [-0.4, -0.2) is 61.5 Å². The molecule has 0 aromatic heterocycles. The molecule has 8 heteroatoms. The van der Waals surface area contributed by atoms with Crippen molar-refractivity contribution in [3.8, 4) is 11.5 Å². The number of hydrogen-bond donors (Lipinski definition) is 2. The quantitative estimate of drug-likeness (QED) is 0.722. The molecule has 1 amide bonds. The van der Waals surface area contributed by atoms with E-state index in [9.17, 15) is 14.3 Å². The second-order valence-electron chi connectivity index (χ2n) is 7.30. The lowest BCUT2D eigenvalue weighted by atomic mass is 10.2. The predicted octanol–water partition coefficient (Wildman–Crippen LogP) is 2.70. The van der Waals surface area contributed by atoms with Crippen LogP contribution < -0.4 is 19.7 Å². The number of nitrogens with one attached hydrogen (secondary N) is 1. The topological polar surface area (TPSA) is 74.3 Å². The van der Waals surface area contributed by atoms with Crippen molar-refractivity contribution < 1.29 is 23.8 Å². The van der Waals surface area contributed by atoms with Gasteiger partial charge in [0.15, 0.2) is 17.7 Å². The molecule has 0 saturated carbocycles. The number of halogens is 1. The number of carbonyl (C=O) groups excluding carboxylic acids is 1. The highest BCUT2D eigenvalue weighted by molar-refractivity contribution is 5.89. The van der Waals surface area contributed by atoms with Crippen LogP contribution in [0.5, 0.6) is 11.5 Å². The number of nitrogens with zero attached hydrogens (tertiary/aromatic N) is 2. The van der Waals surface area contributed by atoms with Gasteiger partial charge in [-0.2, -0.15) is 0 Å². The van der Waals surface area contributed by atoms with Crippen molar-refractivity contribution in [1.82, 2.24) is 4.90 Å². The SMILES string of the molecule is COc1cc(NC(C)=O)ccc1OC(C(C)O)N1CCN(c2cccc(F)c2)CC1. The average Bonchev–Trinajstić information content (AvgIpc) is 2.72.